The molecule has 1 aromatic carbocycles. The molecule has 6 nitrogen and oxygen atoms in total. The molecule has 6 heteroatoms. The maximum atomic E-state index is 4.37. The van der Waals surface area contributed by atoms with Crippen molar-refractivity contribution >= 4 is 23.1 Å². The summed E-state index contributed by atoms with van der Waals surface area (Å²) in [6, 6.07) is 8.46. The summed E-state index contributed by atoms with van der Waals surface area (Å²) in [5, 5.41) is 14.2. The summed E-state index contributed by atoms with van der Waals surface area (Å²) in [6.45, 7) is 8.88. The lowest BCUT2D eigenvalue weighted by Gasteiger charge is -2.32. The first-order valence-electron chi connectivity index (χ1n) is 8.41. The average molecular weight is 324 g/mol. The van der Waals surface area contributed by atoms with Gasteiger partial charge in [0.25, 0.3) is 0 Å². The van der Waals surface area contributed by atoms with Crippen molar-refractivity contribution < 1.29 is 0 Å². The van der Waals surface area contributed by atoms with Gasteiger partial charge in [0.1, 0.15) is 0 Å². The van der Waals surface area contributed by atoms with Gasteiger partial charge in [-0.1, -0.05) is 13.0 Å². The fourth-order valence-corrected chi connectivity index (χ4v) is 2.77. The third-order valence-electron chi connectivity index (χ3n) is 4.25. The molecule has 1 aliphatic heterocycles. The van der Waals surface area contributed by atoms with Crippen LogP contribution < -0.4 is 15.5 Å². The van der Waals surface area contributed by atoms with Crippen LogP contribution in [0.3, 0.4) is 0 Å². The summed E-state index contributed by atoms with van der Waals surface area (Å²) >= 11 is 0. The highest BCUT2D eigenvalue weighted by Gasteiger charge is 2.15. The van der Waals surface area contributed by atoms with Crippen LogP contribution >= 0.6 is 0 Å². The van der Waals surface area contributed by atoms with E-state index >= 15 is 0 Å². The number of nitrogens with one attached hydrogen (secondary N) is 2. The van der Waals surface area contributed by atoms with Crippen molar-refractivity contribution in [3.63, 3.8) is 0 Å². The number of anilines is 4. The van der Waals surface area contributed by atoms with E-state index in [0.29, 0.717) is 18.3 Å². The first-order chi connectivity index (χ1) is 11.7. The SMILES string of the molecule is C=CCNc1nncc(Nc2ccc(N3CCC(C)CC3)cc2)n1. The number of piperidine rings is 1. The molecule has 0 amide bonds. The molecule has 0 saturated carbocycles. The molecule has 0 atom stereocenters. The zero-order valence-corrected chi connectivity index (χ0v) is 14.1. The molecule has 0 aliphatic carbocycles. The summed E-state index contributed by atoms with van der Waals surface area (Å²) < 4.78 is 0. The normalized spacial score (nSPS) is 15.1. The van der Waals surface area contributed by atoms with Gasteiger partial charge in [-0.25, -0.2) is 0 Å². The largest absolute Gasteiger partial charge is 0.372 e. The van der Waals surface area contributed by atoms with Gasteiger partial charge >= 0.3 is 0 Å². The fourth-order valence-electron chi connectivity index (χ4n) is 2.77. The Bertz CT molecular complexity index is 661. The van der Waals surface area contributed by atoms with E-state index in [9.17, 15) is 0 Å². The van der Waals surface area contributed by atoms with Crippen LogP contribution in [0.5, 0.6) is 0 Å². The Morgan fingerprint density at radius 2 is 2.00 bits per heavy atom. The summed E-state index contributed by atoms with van der Waals surface area (Å²) in [6.07, 6.45) is 5.91. The van der Waals surface area contributed by atoms with E-state index in [1.807, 2.05) is 0 Å². The molecule has 1 aromatic heterocycles. The summed E-state index contributed by atoms with van der Waals surface area (Å²) in [5.74, 6) is 1.99. The molecule has 1 aliphatic rings. The predicted molar refractivity (Wildman–Crippen MR) is 98.8 cm³/mol. The van der Waals surface area contributed by atoms with E-state index in [2.05, 4.69) is 68.5 Å². The van der Waals surface area contributed by atoms with E-state index in [1.54, 1.807) is 12.3 Å². The minimum Gasteiger partial charge on any atom is -0.372 e. The molecular weight excluding hydrogens is 300 g/mol. The molecule has 24 heavy (non-hydrogen) atoms. The Hall–Kier alpha value is -2.63. The molecule has 2 aromatic rings. The molecule has 0 spiro atoms. The molecule has 0 radical (unpaired) electrons. The van der Waals surface area contributed by atoms with Gasteiger partial charge in [-0.05, 0) is 43.0 Å². The van der Waals surface area contributed by atoms with Crippen LogP contribution in [0.25, 0.3) is 0 Å². The van der Waals surface area contributed by atoms with Gasteiger partial charge < -0.3 is 15.5 Å². The van der Waals surface area contributed by atoms with Crippen LogP contribution in [0.4, 0.5) is 23.1 Å². The summed E-state index contributed by atoms with van der Waals surface area (Å²) in [4.78, 5) is 6.82. The van der Waals surface area contributed by atoms with Gasteiger partial charge in [-0.15, -0.1) is 11.7 Å². The number of nitrogens with zero attached hydrogens (tertiary/aromatic N) is 4. The number of benzene rings is 1. The molecule has 1 fully saturated rings. The minimum atomic E-state index is 0.485. The van der Waals surface area contributed by atoms with Gasteiger partial charge in [0.2, 0.25) is 5.95 Å². The Morgan fingerprint density at radius 3 is 2.71 bits per heavy atom. The lowest BCUT2D eigenvalue weighted by Crippen LogP contribution is -2.32. The van der Waals surface area contributed by atoms with Gasteiger partial charge in [0.15, 0.2) is 5.82 Å². The Balaban J connectivity index is 1.62. The van der Waals surface area contributed by atoms with Crippen molar-refractivity contribution in [2.24, 2.45) is 5.92 Å². The van der Waals surface area contributed by atoms with Crippen LogP contribution in [0.2, 0.25) is 0 Å². The number of hydrogen-bond acceptors (Lipinski definition) is 6. The lowest BCUT2D eigenvalue weighted by atomic mass is 9.99. The van der Waals surface area contributed by atoms with E-state index in [4.69, 9.17) is 0 Å². The van der Waals surface area contributed by atoms with E-state index < -0.39 is 0 Å². The highest BCUT2D eigenvalue weighted by atomic mass is 15.3. The average Bonchev–Trinajstić information content (AvgIpc) is 2.62. The van der Waals surface area contributed by atoms with Crippen molar-refractivity contribution in [2.45, 2.75) is 19.8 Å². The lowest BCUT2D eigenvalue weighted by molar-refractivity contribution is 0.438. The third kappa shape index (κ3) is 4.22. The molecule has 3 rings (SSSR count). The zero-order valence-electron chi connectivity index (χ0n) is 14.1. The Labute approximate surface area is 143 Å². The predicted octanol–water partition coefficient (Wildman–Crippen LogP) is 3.45. The standard InChI is InChI=1S/C18H24N6/c1-3-10-19-18-22-17(13-20-23-18)21-15-4-6-16(7-5-15)24-11-8-14(2)9-12-24/h3-7,13-14H,1,8-12H2,2H3,(H2,19,21,22,23). The van der Waals surface area contributed by atoms with Crippen molar-refractivity contribution in [1.82, 2.24) is 15.2 Å². The molecule has 2 N–H and O–H groups in total. The molecule has 2 heterocycles. The number of hydrogen-bond donors (Lipinski definition) is 2. The topological polar surface area (TPSA) is 66.0 Å². The van der Waals surface area contributed by atoms with Gasteiger partial charge in [0, 0.05) is 31.0 Å². The van der Waals surface area contributed by atoms with E-state index in [0.717, 1.165) is 24.7 Å². The van der Waals surface area contributed by atoms with Crippen LogP contribution in [0.1, 0.15) is 19.8 Å². The van der Waals surface area contributed by atoms with E-state index in [1.165, 1.54) is 18.5 Å². The van der Waals surface area contributed by atoms with Crippen molar-refractivity contribution in [3.8, 4) is 0 Å². The van der Waals surface area contributed by atoms with Crippen molar-refractivity contribution in [3.05, 3.63) is 43.1 Å². The monoisotopic (exact) mass is 324 g/mol. The van der Waals surface area contributed by atoms with Crippen LogP contribution in [-0.2, 0) is 0 Å². The first kappa shape index (κ1) is 16.2. The highest BCUT2D eigenvalue weighted by molar-refractivity contribution is 5.60. The second kappa shape index (κ2) is 7.77. The summed E-state index contributed by atoms with van der Waals surface area (Å²) in [7, 11) is 0. The minimum absolute atomic E-state index is 0.485. The van der Waals surface area contributed by atoms with E-state index in [-0.39, 0.29) is 0 Å². The first-order valence-corrected chi connectivity index (χ1v) is 8.41. The van der Waals surface area contributed by atoms with Gasteiger partial charge in [-0.3, -0.25) is 0 Å². The van der Waals surface area contributed by atoms with Crippen molar-refractivity contribution in [1.29, 1.82) is 0 Å². The number of aromatic nitrogens is 3. The maximum Gasteiger partial charge on any atom is 0.244 e. The van der Waals surface area contributed by atoms with Gasteiger partial charge in [-0.2, -0.15) is 10.1 Å². The summed E-state index contributed by atoms with van der Waals surface area (Å²) in [5.41, 5.74) is 2.26. The van der Waals surface area contributed by atoms with Crippen LogP contribution in [0.15, 0.2) is 43.1 Å². The second-order valence-electron chi connectivity index (χ2n) is 6.18. The van der Waals surface area contributed by atoms with Crippen LogP contribution in [0, 0.1) is 5.92 Å². The maximum absolute atomic E-state index is 4.37. The molecule has 0 unspecified atom stereocenters. The second-order valence-corrected chi connectivity index (χ2v) is 6.18. The molecule has 1 saturated heterocycles. The highest BCUT2D eigenvalue weighted by Crippen LogP contribution is 2.25. The zero-order chi connectivity index (χ0) is 16.8. The van der Waals surface area contributed by atoms with Gasteiger partial charge in [0.05, 0.1) is 6.20 Å². The Morgan fingerprint density at radius 1 is 1.25 bits per heavy atom. The van der Waals surface area contributed by atoms with Crippen molar-refractivity contribution in [2.75, 3.05) is 35.2 Å². The fraction of sp³-hybridized carbons (Fsp3) is 0.389. The smallest absolute Gasteiger partial charge is 0.244 e. The molecule has 0 bridgehead atoms. The van der Waals surface area contributed by atoms with Crippen LogP contribution in [-0.4, -0.2) is 34.8 Å². The molecule has 126 valence electrons. The molecular formula is C18H24N6. The Kier molecular flexibility index (Phi) is 5.25. The quantitative estimate of drug-likeness (QED) is 0.794. The third-order valence-corrected chi connectivity index (χ3v) is 4.25. The number of rotatable bonds is 6.